The molecule has 2 aromatic carbocycles. The molecule has 0 aliphatic carbocycles. The van der Waals surface area contributed by atoms with Crippen molar-refractivity contribution < 1.29 is 19.0 Å². The van der Waals surface area contributed by atoms with Crippen molar-refractivity contribution in [2.75, 3.05) is 14.2 Å². The van der Waals surface area contributed by atoms with Crippen LogP contribution in [0.15, 0.2) is 83.2 Å². The number of aromatic nitrogens is 1. The van der Waals surface area contributed by atoms with Crippen molar-refractivity contribution in [1.82, 2.24) is 4.98 Å². The first-order valence-electron chi connectivity index (χ1n) is 10.6. The van der Waals surface area contributed by atoms with Gasteiger partial charge in [-0.2, -0.15) is 0 Å². The van der Waals surface area contributed by atoms with E-state index >= 15 is 0 Å². The molecule has 4 rings (SSSR count). The highest BCUT2D eigenvalue weighted by atomic mass is 32.1. The summed E-state index contributed by atoms with van der Waals surface area (Å²) in [6.45, 7) is 3.94. The Bertz CT molecular complexity index is 1260. The van der Waals surface area contributed by atoms with Crippen LogP contribution in [0.3, 0.4) is 0 Å². The molecular weight excluding hydrogens is 448 g/mol. The van der Waals surface area contributed by atoms with E-state index in [1.54, 1.807) is 18.4 Å². The van der Waals surface area contributed by atoms with E-state index in [1.807, 2.05) is 78.2 Å². The first-order chi connectivity index (χ1) is 16.6. The maximum absolute atomic E-state index is 12.7. The number of ether oxygens (including phenoxy) is 3. The van der Waals surface area contributed by atoms with Crippen molar-refractivity contribution in [2.45, 2.75) is 12.6 Å². The van der Waals surface area contributed by atoms with Crippen molar-refractivity contribution in [2.24, 2.45) is 4.99 Å². The highest BCUT2D eigenvalue weighted by Gasteiger charge is 2.27. The Morgan fingerprint density at radius 2 is 1.82 bits per heavy atom. The molecule has 172 valence electrons. The third-order valence-electron chi connectivity index (χ3n) is 5.28. The molecule has 0 N–H and O–H groups in total. The van der Waals surface area contributed by atoms with Crippen LogP contribution in [0.2, 0.25) is 0 Å². The normalized spacial score (nSPS) is 11.5. The Balaban J connectivity index is 1.89. The summed E-state index contributed by atoms with van der Waals surface area (Å²) in [6.07, 6.45) is -0.982. The molecule has 0 radical (unpaired) electrons. The van der Waals surface area contributed by atoms with Gasteiger partial charge in [0.2, 0.25) is 12.0 Å². The largest absolute Gasteiger partial charge is 0.497 e. The molecule has 0 aliphatic rings. The molecule has 0 saturated carbocycles. The predicted octanol–water partition coefficient (Wildman–Crippen LogP) is 5.98. The minimum absolute atomic E-state index is 0.261. The molecule has 2 aromatic heterocycles. The number of carbonyl (C=O) groups is 1. The number of pyridine rings is 1. The fourth-order valence-electron chi connectivity index (χ4n) is 3.59. The minimum atomic E-state index is -0.982. The number of rotatable bonds is 9. The Morgan fingerprint density at radius 1 is 1.06 bits per heavy atom. The van der Waals surface area contributed by atoms with E-state index in [4.69, 9.17) is 19.2 Å². The molecule has 34 heavy (non-hydrogen) atoms. The predicted molar refractivity (Wildman–Crippen MR) is 135 cm³/mol. The van der Waals surface area contributed by atoms with Gasteiger partial charge in [0.1, 0.15) is 5.75 Å². The van der Waals surface area contributed by atoms with Gasteiger partial charge >= 0.3 is 5.97 Å². The van der Waals surface area contributed by atoms with Crippen LogP contribution < -0.4 is 9.47 Å². The lowest BCUT2D eigenvalue weighted by Gasteiger charge is -2.21. The van der Waals surface area contributed by atoms with E-state index in [0.717, 1.165) is 33.0 Å². The van der Waals surface area contributed by atoms with Gasteiger partial charge in [0.05, 0.1) is 31.3 Å². The van der Waals surface area contributed by atoms with E-state index < -0.39 is 12.1 Å². The summed E-state index contributed by atoms with van der Waals surface area (Å²) in [5.41, 5.74) is 3.96. The van der Waals surface area contributed by atoms with Crippen molar-refractivity contribution in [3.05, 3.63) is 89.3 Å². The topological polar surface area (TPSA) is 70.0 Å². The van der Waals surface area contributed by atoms with Crippen molar-refractivity contribution in [1.29, 1.82) is 0 Å². The van der Waals surface area contributed by atoms with Crippen LogP contribution in [0, 0.1) is 0 Å². The minimum Gasteiger partial charge on any atom is -0.497 e. The molecule has 0 aliphatic heterocycles. The Hall–Kier alpha value is -3.97. The number of methoxy groups -OCH3 is 2. The smallest absolute Gasteiger partial charge is 0.351 e. The number of hydrogen-bond acceptors (Lipinski definition) is 7. The SMILES string of the molecule is C=NCc1c(-c2ccc(OC)cc2)cc(-c2cccs2)nc1OC(C(=O)OC)c1ccccc1. The van der Waals surface area contributed by atoms with Crippen LogP contribution in [-0.2, 0) is 16.1 Å². The van der Waals surface area contributed by atoms with E-state index in [9.17, 15) is 4.79 Å². The quantitative estimate of drug-likeness (QED) is 0.221. The highest BCUT2D eigenvalue weighted by molar-refractivity contribution is 7.13. The van der Waals surface area contributed by atoms with E-state index in [2.05, 4.69) is 11.7 Å². The molecule has 4 aromatic rings. The van der Waals surface area contributed by atoms with Gasteiger partial charge in [-0.25, -0.2) is 9.78 Å². The van der Waals surface area contributed by atoms with E-state index in [0.29, 0.717) is 11.4 Å². The first-order valence-corrected chi connectivity index (χ1v) is 11.5. The van der Waals surface area contributed by atoms with Crippen LogP contribution >= 0.6 is 11.3 Å². The monoisotopic (exact) mass is 472 g/mol. The molecule has 6 nitrogen and oxygen atoms in total. The summed E-state index contributed by atoms with van der Waals surface area (Å²) < 4.78 is 16.6. The van der Waals surface area contributed by atoms with Gasteiger partial charge in [-0.15, -0.1) is 11.3 Å². The summed E-state index contributed by atoms with van der Waals surface area (Å²) in [5, 5.41) is 1.99. The molecule has 2 heterocycles. The van der Waals surface area contributed by atoms with Crippen LogP contribution in [0.4, 0.5) is 0 Å². The molecule has 1 unspecified atom stereocenters. The fourth-order valence-corrected chi connectivity index (χ4v) is 4.27. The number of carbonyl (C=O) groups excluding carboxylic acids is 1. The van der Waals surface area contributed by atoms with E-state index in [1.165, 1.54) is 7.11 Å². The van der Waals surface area contributed by atoms with Gasteiger partial charge in [0.25, 0.3) is 0 Å². The number of nitrogens with zero attached hydrogens (tertiary/aromatic N) is 2. The van der Waals surface area contributed by atoms with E-state index in [-0.39, 0.29) is 6.54 Å². The zero-order valence-electron chi connectivity index (χ0n) is 18.9. The lowest BCUT2D eigenvalue weighted by Crippen LogP contribution is -2.21. The van der Waals surface area contributed by atoms with Crippen LogP contribution in [0.25, 0.3) is 21.7 Å². The number of benzene rings is 2. The molecule has 7 heteroatoms. The van der Waals surface area contributed by atoms with Gasteiger partial charge in [0, 0.05) is 11.1 Å². The molecule has 0 bridgehead atoms. The average molecular weight is 473 g/mol. The lowest BCUT2D eigenvalue weighted by atomic mass is 9.99. The van der Waals surface area contributed by atoms with Gasteiger partial charge in [-0.1, -0.05) is 48.5 Å². The molecular formula is C27H24N2O4S. The number of thiophene rings is 1. The Morgan fingerprint density at radius 3 is 2.44 bits per heavy atom. The first kappa shape index (κ1) is 23.2. The van der Waals surface area contributed by atoms with Gasteiger partial charge in [-0.05, 0) is 47.5 Å². The van der Waals surface area contributed by atoms with Gasteiger partial charge in [-0.3, -0.25) is 4.99 Å². The van der Waals surface area contributed by atoms with Gasteiger partial charge in [0.15, 0.2) is 0 Å². The second-order valence-electron chi connectivity index (χ2n) is 7.36. The summed E-state index contributed by atoms with van der Waals surface area (Å²) in [4.78, 5) is 22.6. The Labute approximate surface area is 202 Å². The zero-order chi connectivity index (χ0) is 23.9. The number of aliphatic imine (C=N–C) groups is 1. The summed E-state index contributed by atoms with van der Waals surface area (Å²) in [7, 11) is 2.97. The standard InChI is InChI=1S/C27H24N2O4S/c1-28-17-22-21(18-11-13-20(31-2)14-12-18)16-23(24-10-7-15-34-24)29-26(22)33-25(27(30)32-3)19-8-5-4-6-9-19/h4-16,25H,1,17H2,2-3H3. The molecule has 0 fully saturated rings. The van der Waals surface area contributed by atoms with Gasteiger partial charge < -0.3 is 14.2 Å². The maximum atomic E-state index is 12.7. The van der Waals surface area contributed by atoms with Crippen LogP contribution in [0.1, 0.15) is 17.2 Å². The van der Waals surface area contributed by atoms with Crippen molar-refractivity contribution in [3.63, 3.8) is 0 Å². The number of hydrogen-bond donors (Lipinski definition) is 0. The lowest BCUT2D eigenvalue weighted by molar-refractivity contribution is -0.149. The summed E-state index contributed by atoms with van der Waals surface area (Å²) in [6, 6.07) is 22.9. The molecule has 0 spiro atoms. The fraction of sp³-hybridized carbons (Fsp3) is 0.148. The zero-order valence-corrected chi connectivity index (χ0v) is 19.7. The number of esters is 1. The molecule has 0 amide bonds. The summed E-state index contributed by atoms with van der Waals surface area (Å²) in [5.74, 6) is 0.549. The third kappa shape index (κ3) is 5.00. The maximum Gasteiger partial charge on any atom is 0.351 e. The van der Waals surface area contributed by atoms with Crippen molar-refractivity contribution >= 4 is 24.0 Å². The second kappa shape index (κ2) is 10.8. The second-order valence-corrected chi connectivity index (χ2v) is 8.31. The third-order valence-corrected chi connectivity index (χ3v) is 6.17. The molecule has 0 saturated heterocycles. The Kier molecular flexibility index (Phi) is 7.34. The molecule has 1 atom stereocenters. The van der Waals surface area contributed by atoms with Crippen LogP contribution in [0.5, 0.6) is 11.6 Å². The highest BCUT2D eigenvalue weighted by Crippen LogP contribution is 2.38. The average Bonchev–Trinajstić information content (AvgIpc) is 3.43. The van der Waals surface area contributed by atoms with Crippen LogP contribution in [-0.4, -0.2) is 31.9 Å². The summed E-state index contributed by atoms with van der Waals surface area (Å²) >= 11 is 1.57. The van der Waals surface area contributed by atoms with Crippen molar-refractivity contribution in [3.8, 4) is 33.3 Å².